The molecular formula is C53H55N3O6S. The fourth-order valence-electron chi connectivity index (χ4n) is 8.37. The van der Waals surface area contributed by atoms with E-state index in [0.29, 0.717) is 55.0 Å². The summed E-state index contributed by atoms with van der Waals surface area (Å²) in [6.45, 7) is 8.24. The molecule has 63 heavy (non-hydrogen) atoms. The summed E-state index contributed by atoms with van der Waals surface area (Å²) >= 11 is 0. The number of hydrogen-bond acceptors (Lipinski definition) is 8. The molecule has 0 spiro atoms. The van der Waals surface area contributed by atoms with Crippen molar-refractivity contribution in [3.63, 3.8) is 0 Å². The van der Waals surface area contributed by atoms with Crippen LogP contribution in [0.5, 0.6) is 23.0 Å². The van der Waals surface area contributed by atoms with Crippen LogP contribution < -0.4 is 19.5 Å². The predicted molar refractivity (Wildman–Crippen MR) is 250 cm³/mol. The van der Waals surface area contributed by atoms with E-state index in [1.54, 1.807) is 29.2 Å². The Labute approximate surface area is 371 Å². The van der Waals surface area contributed by atoms with E-state index in [9.17, 15) is 13.2 Å². The Balaban J connectivity index is 0.885. The quantitative estimate of drug-likeness (QED) is 0.108. The van der Waals surface area contributed by atoms with Crippen molar-refractivity contribution >= 4 is 26.5 Å². The molecule has 324 valence electrons. The Hall–Kier alpha value is -6.12. The molecule has 0 aromatic heterocycles. The van der Waals surface area contributed by atoms with E-state index in [2.05, 4.69) is 22.1 Å². The number of ether oxygens (including phenoxy) is 3. The minimum absolute atomic E-state index is 0.0404. The second-order valence-electron chi connectivity index (χ2n) is 16.3. The first-order valence-corrected chi connectivity index (χ1v) is 23.9. The molecule has 10 heteroatoms. The Kier molecular flexibility index (Phi) is 14.1. The number of carbonyl (C=O) groups excluding carboxylic acids is 1. The summed E-state index contributed by atoms with van der Waals surface area (Å²) in [5, 5.41) is 5.27. The number of nitrogens with one attached hydrogen (secondary N) is 1. The van der Waals surface area contributed by atoms with Crippen LogP contribution in [-0.4, -0.2) is 82.3 Å². The van der Waals surface area contributed by atoms with Gasteiger partial charge in [-0.3, -0.25) is 4.79 Å². The van der Waals surface area contributed by atoms with E-state index in [1.807, 2.05) is 116 Å². The third-order valence-corrected chi connectivity index (χ3v) is 13.2. The van der Waals surface area contributed by atoms with Crippen LogP contribution in [0.2, 0.25) is 0 Å². The first-order chi connectivity index (χ1) is 30.7. The van der Waals surface area contributed by atoms with Crippen LogP contribution >= 0.6 is 0 Å². The van der Waals surface area contributed by atoms with Gasteiger partial charge >= 0.3 is 0 Å². The highest BCUT2D eigenvalue weighted by molar-refractivity contribution is 7.90. The lowest BCUT2D eigenvalue weighted by molar-refractivity contribution is 0.0739. The molecule has 1 N–H and O–H groups in total. The predicted octanol–water partition coefficient (Wildman–Crippen LogP) is 9.64. The molecule has 8 rings (SSSR count). The molecule has 2 aliphatic heterocycles. The first kappa shape index (κ1) is 43.5. The standard InChI is InChI=1S/C53H55N3O6S/c1-3-55(53(57)43-13-11-39(12-14-43)9-10-40-29-33-56(34-30-40)45-27-31-54-32-28-45)35-36-60-46-18-20-47(21-19-46)62-52-50(42-15-23-49(24-16-42)63(2,58)59)25-17-44-37-48(22-26-51(44)52)61-38-41-7-5-4-6-8-41/h4-8,11-26,37,40,45,54H,3,27-36,38H2,1-2H3. The number of benzene rings is 6. The number of nitrogens with zero attached hydrogens (tertiary/aromatic N) is 2. The second-order valence-corrected chi connectivity index (χ2v) is 18.4. The number of rotatable bonds is 14. The van der Waals surface area contributed by atoms with E-state index in [-0.39, 0.29) is 10.8 Å². The number of amides is 1. The Morgan fingerprint density at radius 1 is 0.778 bits per heavy atom. The van der Waals surface area contributed by atoms with E-state index < -0.39 is 9.84 Å². The van der Waals surface area contributed by atoms with Gasteiger partial charge in [0.1, 0.15) is 36.2 Å². The average Bonchev–Trinajstić information content (AvgIpc) is 3.32. The van der Waals surface area contributed by atoms with Gasteiger partial charge in [-0.2, -0.15) is 0 Å². The monoisotopic (exact) mass is 861 g/mol. The summed E-state index contributed by atoms with van der Waals surface area (Å²) < 4.78 is 43.3. The van der Waals surface area contributed by atoms with Crippen LogP contribution in [0.3, 0.4) is 0 Å². The molecule has 9 nitrogen and oxygen atoms in total. The molecule has 0 bridgehead atoms. The van der Waals surface area contributed by atoms with E-state index in [1.165, 1.54) is 19.1 Å². The molecule has 0 atom stereocenters. The number of hydrogen-bond donors (Lipinski definition) is 1. The van der Waals surface area contributed by atoms with Gasteiger partial charge in [-0.25, -0.2) is 8.42 Å². The normalized spacial score (nSPS) is 15.0. The average molecular weight is 862 g/mol. The van der Waals surface area contributed by atoms with Gasteiger partial charge < -0.3 is 29.3 Å². The zero-order chi connectivity index (χ0) is 43.6. The lowest BCUT2D eigenvalue weighted by atomic mass is 9.94. The molecule has 1 amide bonds. The van der Waals surface area contributed by atoms with E-state index >= 15 is 0 Å². The highest BCUT2D eigenvalue weighted by atomic mass is 32.2. The van der Waals surface area contributed by atoms with Crippen molar-refractivity contribution in [2.45, 2.75) is 50.2 Å². The largest absolute Gasteiger partial charge is 0.492 e. The fraction of sp³-hybridized carbons (Fsp3) is 0.302. The first-order valence-electron chi connectivity index (χ1n) is 22.0. The summed E-state index contributed by atoms with van der Waals surface area (Å²) in [5.74, 6) is 9.87. The van der Waals surface area contributed by atoms with Crippen molar-refractivity contribution in [1.29, 1.82) is 0 Å². The molecular weight excluding hydrogens is 807 g/mol. The van der Waals surface area contributed by atoms with Gasteiger partial charge in [0, 0.05) is 46.8 Å². The highest BCUT2D eigenvalue weighted by Gasteiger charge is 2.25. The molecule has 6 aromatic carbocycles. The minimum atomic E-state index is -3.35. The maximum absolute atomic E-state index is 13.5. The number of fused-ring (bicyclic) bond motifs is 1. The third-order valence-electron chi connectivity index (χ3n) is 12.0. The molecule has 0 unspecified atom stereocenters. The van der Waals surface area contributed by atoms with Gasteiger partial charge in [0.25, 0.3) is 5.91 Å². The number of carbonyl (C=O) groups is 1. The molecule has 2 heterocycles. The molecule has 0 aliphatic carbocycles. The Morgan fingerprint density at radius 3 is 2.17 bits per heavy atom. The molecule has 2 aliphatic rings. The third kappa shape index (κ3) is 11.3. The summed E-state index contributed by atoms with van der Waals surface area (Å²) in [5.41, 5.74) is 4.27. The summed E-state index contributed by atoms with van der Waals surface area (Å²) in [6.07, 6.45) is 5.93. The van der Waals surface area contributed by atoms with Gasteiger partial charge in [-0.1, -0.05) is 60.4 Å². The molecule has 2 saturated heterocycles. The lowest BCUT2D eigenvalue weighted by Gasteiger charge is -2.38. The van der Waals surface area contributed by atoms with Crippen LogP contribution in [0.15, 0.2) is 138 Å². The maximum atomic E-state index is 13.5. The number of sulfone groups is 1. The number of piperidine rings is 2. The van der Waals surface area contributed by atoms with Crippen molar-refractivity contribution in [2.24, 2.45) is 5.92 Å². The minimum Gasteiger partial charge on any atom is -0.492 e. The van der Waals surface area contributed by atoms with Crippen LogP contribution in [-0.2, 0) is 16.4 Å². The van der Waals surface area contributed by atoms with Crippen LogP contribution in [0.4, 0.5) is 0 Å². The topological polar surface area (TPSA) is 97.4 Å². The molecule has 0 radical (unpaired) electrons. The zero-order valence-corrected chi connectivity index (χ0v) is 36.9. The Morgan fingerprint density at radius 2 is 1.48 bits per heavy atom. The van der Waals surface area contributed by atoms with Gasteiger partial charge in [0.2, 0.25) is 0 Å². The highest BCUT2D eigenvalue weighted by Crippen LogP contribution is 2.41. The zero-order valence-electron chi connectivity index (χ0n) is 36.1. The molecule has 2 fully saturated rings. The maximum Gasteiger partial charge on any atom is 0.253 e. The fourth-order valence-corrected chi connectivity index (χ4v) is 9.00. The van der Waals surface area contributed by atoms with Crippen molar-refractivity contribution < 1.29 is 27.4 Å². The Bertz CT molecular complexity index is 2650. The van der Waals surface area contributed by atoms with Crippen LogP contribution in [0.1, 0.15) is 54.1 Å². The SMILES string of the molecule is CCN(CCOc1ccc(Oc2c(-c3ccc(S(C)(=O)=O)cc3)ccc3cc(OCc4ccccc4)ccc23)cc1)C(=O)c1ccc(C#CC2CCN(C3CCNCC3)CC2)cc1. The lowest BCUT2D eigenvalue weighted by Crippen LogP contribution is -2.46. The number of likely N-dealkylation sites (tertiary alicyclic amines) is 1. The van der Waals surface area contributed by atoms with Crippen molar-refractivity contribution in [1.82, 2.24) is 15.1 Å². The number of likely N-dealkylation sites (N-methyl/N-ethyl adjacent to an activating group) is 1. The summed E-state index contributed by atoms with van der Waals surface area (Å²) in [6, 6.07) is 42.6. The second kappa shape index (κ2) is 20.4. The molecule has 6 aromatic rings. The van der Waals surface area contributed by atoms with Crippen LogP contribution in [0, 0.1) is 17.8 Å². The molecule has 0 saturated carbocycles. The van der Waals surface area contributed by atoms with Gasteiger partial charge in [-0.05, 0) is 160 Å². The summed E-state index contributed by atoms with van der Waals surface area (Å²) in [7, 11) is -3.35. The van der Waals surface area contributed by atoms with E-state index in [4.69, 9.17) is 14.2 Å². The van der Waals surface area contributed by atoms with Crippen LogP contribution in [0.25, 0.3) is 21.9 Å². The van der Waals surface area contributed by atoms with Crippen molar-refractivity contribution in [3.8, 4) is 46.0 Å². The smallest absolute Gasteiger partial charge is 0.253 e. The summed E-state index contributed by atoms with van der Waals surface area (Å²) in [4.78, 5) is 18.2. The van der Waals surface area contributed by atoms with Crippen molar-refractivity contribution in [2.75, 3.05) is 52.1 Å². The van der Waals surface area contributed by atoms with Gasteiger partial charge in [0.15, 0.2) is 9.84 Å². The van der Waals surface area contributed by atoms with Crippen molar-refractivity contribution in [3.05, 3.63) is 150 Å². The van der Waals surface area contributed by atoms with Gasteiger partial charge in [0.05, 0.1) is 11.4 Å². The van der Waals surface area contributed by atoms with Gasteiger partial charge in [-0.15, -0.1) is 0 Å². The van der Waals surface area contributed by atoms with E-state index in [0.717, 1.165) is 83.8 Å².